The van der Waals surface area contributed by atoms with Crippen molar-refractivity contribution in [2.24, 2.45) is 0 Å². The minimum absolute atomic E-state index is 0.759. The number of rotatable bonds is 4. The Morgan fingerprint density at radius 1 is 1.17 bits per heavy atom. The molecule has 0 radical (unpaired) electrons. The average Bonchev–Trinajstić information content (AvgIpc) is 2.39. The van der Waals surface area contributed by atoms with Crippen LogP contribution in [0.25, 0.3) is 0 Å². The van der Waals surface area contributed by atoms with Crippen LogP contribution in [0.15, 0.2) is 36.7 Å². The van der Waals surface area contributed by atoms with E-state index in [1.54, 1.807) is 0 Å². The lowest BCUT2D eigenvalue weighted by Gasteiger charge is -2.20. The van der Waals surface area contributed by atoms with E-state index in [1.165, 1.54) is 5.56 Å². The molecule has 2 rings (SSSR count). The first-order valence-corrected chi connectivity index (χ1v) is 6.84. The molecule has 0 atom stereocenters. The molecule has 5 heteroatoms. The molecule has 4 nitrogen and oxygen atoms in total. The number of halogens is 1. The lowest BCUT2D eigenvalue weighted by atomic mass is 10.2. The van der Waals surface area contributed by atoms with Crippen LogP contribution >= 0.6 is 22.6 Å². The first-order valence-electron chi connectivity index (χ1n) is 5.76. The van der Waals surface area contributed by atoms with E-state index in [0.717, 1.165) is 28.3 Å². The number of hydrogen-bond acceptors (Lipinski definition) is 4. The maximum Gasteiger partial charge on any atom is 0.225 e. The summed E-state index contributed by atoms with van der Waals surface area (Å²) in [5.41, 5.74) is 7.67. The summed E-state index contributed by atoms with van der Waals surface area (Å²) in [6.07, 6.45) is 3.66. The maximum absolute atomic E-state index is 5.68. The van der Waals surface area contributed by atoms with E-state index < -0.39 is 0 Å². The van der Waals surface area contributed by atoms with Crippen LogP contribution in [0.1, 0.15) is 12.5 Å². The second-order valence-corrected chi connectivity index (χ2v) is 5.20. The van der Waals surface area contributed by atoms with Gasteiger partial charge in [-0.2, -0.15) is 0 Å². The van der Waals surface area contributed by atoms with Gasteiger partial charge in [0.2, 0.25) is 5.95 Å². The van der Waals surface area contributed by atoms with Gasteiger partial charge in [0, 0.05) is 34.7 Å². The molecule has 1 heterocycles. The molecule has 0 amide bonds. The van der Waals surface area contributed by atoms with Crippen LogP contribution in [0.5, 0.6) is 0 Å². The van der Waals surface area contributed by atoms with E-state index in [9.17, 15) is 0 Å². The van der Waals surface area contributed by atoms with Gasteiger partial charge in [-0.1, -0.05) is 12.1 Å². The summed E-state index contributed by atoms with van der Waals surface area (Å²) in [4.78, 5) is 10.8. The zero-order valence-corrected chi connectivity index (χ0v) is 12.3. The molecule has 0 saturated carbocycles. The third kappa shape index (κ3) is 3.32. The lowest BCUT2D eigenvalue weighted by Crippen LogP contribution is -2.24. The zero-order valence-electron chi connectivity index (χ0n) is 10.2. The van der Waals surface area contributed by atoms with Gasteiger partial charge >= 0.3 is 0 Å². The van der Waals surface area contributed by atoms with Crippen molar-refractivity contribution >= 4 is 34.2 Å². The Labute approximate surface area is 120 Å². The van der Waals surface area contributed by atoms with Crippen molar-refractivity contribution in [2.45, 2.75) is 13.5 Å². The zero-order chi connectivity index (χ0) is 13.0. The number of nitrogens with two attached hydrogens (primary N) is 1. The van der Waals surface area contributed by atoms with Crippen molar-refractivity contribution in [3.05, 3.63) is 45.8 Å². The van der Waals surface area contributed by atoms with E-state index >= 15 is 0 Å². The molecule has 0 unspecified atom stereocenters. The molecule has 94 valence electrons. The van der Waals surface area contributed by atoms with Crippen LogP contribution in [-0.4, -0.2) is 16.5 Å². The molecule has 18 heavy (non-hydrogen) atoms. The van der Waals surface area contributed by atoms with Gasteiger partial charge in [0.25, 0.3) is 0 Å². The third-order valence-electron chi connectivity index (χ3n) is 2.62. The number of hydrogen-bond donors (Lipinski definition) is 1. The van der Waals surface area contributed by atoms with Gasteiger partial charge in [-0.3, -0.25) is 0 Å². The van der Waals surface area contributed by atoms with Crippen LogP contribution in [0, 0.1) is 3.57 Å². The first kappa shape index (κ1) is 13.1. The number of nitrogens with zero attached hydrogens (tertiary/aromatic N) is 3. The van der Waals surface area contributed by atoms with Gasteiger partial charge in [-0.25, -0.2) is 9.97 Å². The van der Waals surface area contributed by atoms with E-state index in [2.05, 4.69) is 44.4 Å². The highest BCUT2D eigenvalue weighted by Gasteiger charge is 2.07. The highest BCUT2D eigenvalue weighted by molar-refractivity contribution is 14.1. The van der Waals surface area contributed by atoms with Crippen LogP contribution in [-0.2, 0) is 6.54 Å². The summed E-state index contributed by atoms with van der Waals surface area (Å²) in [5, 5.41) is 0. The Morgan fingerprint density at radius 3 is 2.33 bits per heavy atom. The smallest absolute Gasteiger partial charge is 0.225 e. The van der Waals surface area contributed by atoms with Crippen LogP contribution in [0.2, 0.25) is 0 Å². The Bertz CT molecular complexity index is 495. The van der Waals surface area contributed by atoms with Crippen LogP contribution in [0.4, 0.5) is 11.6 Å². The fourth-order valence-electron chi connectivity index (χ4n) is 1.64. The SMILES string of the molecule is CCN(Cc1ccc(N)cc1)c1ncc(I)cn1. The Hall–Kier alpha value is -1.37. The van der Waals surface area contributed by atoms with E-state index in [4.69, 9.17) is 5.73 Å². The van der Waals surface area contributed by atoms with Crippen molar-refractivity contribution in [1.82, 2.24) is 9.97 Å². The van der Waals surface area contributed by atoms with Crippen molar-refractivity contribution < 1.29 is 0 Å². The monoisotopic (exact) mass is 354 g/mol. The minimum Gasteiger partial charge on any atom is -0.399 e. The second-order valence-electron chi connectivity index (χ2n) is 3.96. The van der Waals surface area contributed by atoms with Crippen molar-refractivity contribution in [2.75, 3.05) is 17.2 Å². The molecule has 0 aliphatic rings. The molecule has 2 N–H and O–H groups in total. The number of aromatic nitrogens is 2. The van der Waals surface area contributed by atoms with Gasteiger partial charge in [0.1, 0.15) is 0 Å². The topological polar surface area (TPSA) is 55.0 Å². The van der Waals surface area contributed by atoms with Gasteiger partial charge < -0.3 is 10.6 Å². The van der Waals surface area contributed by atoms with E-state index in [1.807, 2.05) is 36.7 Å². The fraction of sp³-hybridized carbons (Fsp3) is 0.231. The van der Waals surface area contributed by atoms with E-state index in [-0.39, 0.29) is 0 Å². The second kappa shape index (κ2) is 5.99. The van der Waals surface area contributed by atoms with Crippen molar-refractivity contribution in [3.8, 4) is 0 Å². The Balaban J connectivity index is 2.14. The third-order valence-corrected chi connectivity index (χ3v) is 3.18. The van der Waals surface area contributed by atoms with Gasteiger partial charge in [-0.05, 0) is 47.2 Å². The molecule has 0 saturated heterocycles. The molecule has 1 aromatic carbocycles. The summed E-state index contributed by atoms with van der Waals surface area (Å²) in [6.45, 7) is 3.75. The van der Waals surface area contributed by atoms with Gasteiger partial charge in [0.15, 0.2) is 0 Å². The number of nitrogen functional groups attached to an aromatic ring is 1. The van der Waals surface area contributed by atoms with Crippen LogP contribution < -0.4 is 10.6 Å². The quantitative estimate of drug-likeness (QED) is 0.678. The molecular weight excluding hydrogens is 339 g/mol. The molecule has 0 aliphatic heterocycles. The van der Waals surface area contributed by atoms with Crippen molar-refractivity contribution in [1.29, 1.82) is 0 Å². The summed E-state index contributed by atoms with van der Waals surface area (Å²) in [7, 11) is 0. The summed E-state index contributed by atoms with van der Waals surface area (Å²) in [5.74, 6) is 0.759. The fourth-order valence-corrected chi connectivity index (χ4v) is 1.91. The number of anilines is 2. The first-order chi connectivity index (χ1) is 8.69. The summed E-state index contributed by atoms with van der Waals surface area (Å²) in [6, 6.07) is 7.89. The Kier molecular flexibility index (Phi) is 4.35. The van der Waals surface area contributed by atoms with Gasteiger partial charge in [0.05, 0.1) is 0 Å². The highest BCUT2D eigenvalue weighted by atomic mass is 127. The highest BCUT2D eigenvalue weighted by Crippen LogP contribution is 2.13. The minimum atomic E-state index is 0.759. The molecule has 0 aliphatic carbocycles. The van der Waals surface area contributed by atoms with Crippen molar-refractivity contribution in [3.63, 3.8) is 0 Å². The predicted octanol–water partition coefficient (Wildman–Crippen LogP) is 2.69. The largest absolute Gasteiger partial charge is 0.399 e. The molecule has 0 fully saturated rings. The Morgan fingerprint density at radius 2 is 1.78 bits per heavy atom. The number of benzene rings is 1. The molecule has 0 bridgehead atoms. The summed E-state index contributed by atoms with van der Waals surface area (Å²) >= 11 is 2.20. The molecule has 0 spiro atoms. The standard InChI is InChI=1S/C13H15IN4/c1-2-18(13-16-7-11(14)8-17-13)9-10-3-5-12(15)6-4-10/h3-8H,2,9,15H2,1H3. The van der Waals surface area contributed by atoms with Crippen LogP contribution in [0.3, 0.4) is 0 Å². The maximum atomic E-state index is 5.68. The molecular formula is C13H15IN4. The molecule has 1 aromatic heterocycles. The summed E-state index contributed by atoms with van der Waals surface area (Å²) < 4.78 is 1.04. The average molecular weight is 354 g/mol. The predicted molar refractivity (Wildman–Crippen MR) is 82.3 cm³/mol. The lowest BCUT2D eigenvalue weighted by molar-refractivity contribution is 0.790. The molecule has 2 aromatic rings. The normalized spacial score (nSPS) is 10.3. The van der Waals surface area contributed by atoms with E-state index in [0.29, 0.717) is 0 Å². The van der Waals surface area contributed by atoms with Gasteiger partial charge in [-0.15, -0.1) is 0 Å².